The van der Waals surface area contributed by atoms with Gasteiger partial charge in [0.15, 0.2) is 0 Å². The molecule has 1 amide bonds. The van der Waals surface area contributed by atoms with Crippen LogP contribution in [0.1, 0.15) is 26.2 Å². The van der Waals surface area contributed by atoms with E-state index in [9.17, 15) is 4.79 Å². The largest absolute Gasteiger partial charge is 0.352 e. The summed E-state index contributed by atoms with van der Waals surface area (Å²) in [6.07, 6.45) is 3.53. The minimum atomic E-state index is 0.0885. The summed E-state index contributed by atoms with van der Waals surface area (Å²) in [5.74, 6) is 0.0885. The highest BCUT2D eigenvalue weighted by Crippen LogP contribution is 2.34. The molecule has 0 spiro atoms. The minimum absolute atomic E-state index is 0.0885. The molecule has 2 nitrogen and oxygen atoms in total. The van der Waals surface area contributed by atoms with Crippen molar-refractivity contribution in [3.8, 4) is 0 Å². The summed E-state index contributed by atoms with van der Waals surface area (Å²) in [5.41, 5.74) is 0. The van der Waals surface area contributed by atoms with Gasteiger partial charge in [0.05, 0.1) is 0 Å². The third-order valence-corrected chi connectivity index (χ3v) is 4.28. The number of carbonyl (C=O) groups is 1. The normalized spacial score (nSPS) is 24.3. The van der Waals surface area contributed by atoms with Crippen molar-refractivity contribution in [1.29, 1.82) is 0 Å². The Kier molecular flexibility index (Phi) is 3.88. The van der Waals surface area contributed by atoms with Crippen molar-refractivity contribution in [2.75, 3.05) is 0 Å². The first kappa shape index (κ1) is 11.5. The zero-order valence-corrected chi connectivity index (χ0v) is 10.3. The molecule has 0 radical (unpaired) electrons. The number of carbonyl (C=O) groups excluding carboxylic acids is 1. The maximum absolute atomic E-state index is 11.1. The first-order valence-electron chi connectivity index (χ1n) is 5.74. The molecule has 1 N–H and O–H groups in total. The number of amides is 1. The van der Waals surface area contributed by atoms with Crippen molar-refractivity contribution < 1.29 is 4.79 Å². The van der Waals surface area contributed by atoms with Crippen molar-refractivity contribution in [2.45, 2.75) is 42.4 Å². The van der Waals surface area contributed by atoms with Gasteiger partial charge in [-0.25, -0.2) is 0 Å². The SMILES string of the molecule is CC(=O)NC1CCCC1Sc1ccccc1. The molecule has 16 heavy (non-hydrogen) atoms. The van der Waals surface area contributed by atoms with Crippen LogP contribution in [-0.4, -0.2) is 17.2 Å². The summed E-state index contributed by atoms with van der Waals surface area (Å²) < 4.78 is 0. The van der Waals surface area contributed by atoms with E-state index in [0.717, 1.165) is 6.42 Å². The van der Waals surface area contributed by atoms with Gasteiger partial charge < -0.3 is 5.32 Å². The lowest BCUT2D eigenvalue weighted by molar-refractivity contribution is -0.119. The highest BCUT2D eigenvalue weighted by Gasteiger charge is 2.28. The Balaban J connectivity index is 1.96. The van der Waals surface area contributed by atoms with Gasteiger partial charge in [0, 0.05) is 23.1 Å². The van der Waals surface area contributed by atoms with Gasteiger partial charge in [-0.05, 0) is 25.0 Å². The minimum Gasteiger partial charge on any atom is -0.352 e. The van der Waals surface area contributed by atoms with Crippen LogP contribution in [0.2, 0.25) is 0 Å². The molecule has 1 aromatic carbocycles. The molecule has 1 aliphatic rings. The highest BCUT2D eigenvalue weighted by molar-refractivity contribution is 8.00. The van der Waals surface area contributed by atoms with E-state index in [-0.39, 0.29) is 5.91 Å². The van der Waals surface area contributed by atoms with E-state index in [2.05, 4.69) is 29.6 Å². The van der Waals surface area contributed by atoms with E-state index in [1.54, 1.807) is 6.92 Å². The van der Waals surface area contributed by atoms with Crippen molar-refractivity contribution in [3.05, 3.63) is 30.3 Å². The fourth-order valence-corrected chi connectivity index (χ4v) is 3.48. The third-order valence-electron chi connectivity index (χ3n) is 2.87. The molecule has 2 atom stereocenters. The van der Waals surface area contributed by atoms with E-state index in [1.807, 2.05) is 17.8 Å². The molecular formula is C13H17NOS. The summed E-state index contributed by atoms with van der Waals surface area (Å²) in [6.45, 7) is 1.60. The summed E-state index contributed by atoms with van der Waals surface area (Å²) >= 11 is 1.89. The fraction of sp³-hybridized carbons (Fsp3) is 0.462. The van der Waals surface area contributed by atoms with Crippen LogP contribution in [0.3, 0.4) is 0 Å². The number of nitrogens with one attached hydrogen (secondary N) is 1. The van der Waals surface area contributed by atoms with E-state index < -0.39 is 0 Å². The Bertz CT molecular complexity index is 352. The molecule has 0 heterocycles. The van der Waals surface area contributed by atoms with Gasteiger partial charge in [0.2, 0.25) is 5.91 Å². The maximum Gasteiger partial charge on any atom is 0.217 e. The van der Waals surface area contributed by atoms with Gasteiger partial charge in [-0.2, -0.15) is 0 Å². The number of hydrogen-bond acceptors (Lipinski definition) is 2. The van der Waals surface area contributed by atoms with Gasteiger partial charge in [-0.3, -0.25) is 4.79 Å². The molecule has 2 unspecified atom stereocenters. The Morgan fingerprint density at radius 2 is 2.06 bits per heavy atom. The number of thioether (sulfide) groups is 1. The van der Waals surface area contributed by atoms with Crippen molar-refractivity contribution in [1.82, 2.24) is 5.32 Å². The average molecular weight is 235 g/mol. The topological polar surface area (TPSA) is 29.1 Å². The maximum atomic E-state index is 11.1. The predicted molar refractivity (Wildman–Crippen MR) is 67.5 cm³/mol. The zero-order valence-electron chi connectivity index (χ0n) is 9.48. The number of hydrogen-bond donors (Lipinski definition) is 1. The summed E-state index contributed by atoms with van der Waals surface area (Å²) in [4.78, 5) is 12.4. The van der Waals surface area contributed by atoms with Crippen molar-refractivity contribution in [3.63, 3.8) is 0 Å². The quantitative estimate of drug-likeness (QED) is 0.873. The first-order valence-corrected chi connectivity index (χ1v) is 6.62. The molecule has 0 bridgehead atoms. The highest BCUT2D eigenvalue weighted by atomic mass is 32.2. The summed E-state index contributed by atoms with van der Waals surface area (Å²) in [6, 6.07) is 10.8. The molecule has 86 valence electrons. The van der Waals surface area contributed by atoms with Crippen molar-refractivity contribution in [2.24, 2.45) is 0 Å². The van der Waals surface area contributed by atoms with Crippen LogP contribution in [0, 0.1) is 0 Å². The van der Waals surface area contributed by atoms with E-state index in [1.165, 1.54) is 17.7 Å². The lowest BCUT2D eigenvalue weighted by atomic mass is 10.2. The Morgan fingerprint density at radius 3 is 2.75 bits per heavy atom. The third kappa shape index (κ3) is 3.01. The molecule has 1 fully saturated rings. The van der Waals surface area contributed by atoms with Gasteiger partial charge in [-0.15, -0.1) is 11.8 Å². The van der Waals surface area contributed by atoms with Gasteiger partial charge in [0.25, 0.3) is 0 Å². The molecule has 0 aromatic heterocycles. The van der Waals surface area contributed by atoms with Crippen LogP contribution < -0.4 is 5.32 Å². The van der Waals surface area contributed by atoms with E-state index in [4.69, 9.17) is 0 Å². The van der Waals surface area contributed by atoms with Crippen molar-refractivity contribution >= 4 is 17.7 Å². The van der Waals surface area contributed by atoms with Gasteiger partial charge in [0.1, 0.15) is 0 Å². The molecule has 1 aromatic rings. The van der Waals surface area contributed by atoms with Crippen LogP contribution in [-0.2, 0) is 4.79 Å². The lowest BCUT2D eigenvalue weighted by Gasteiger charge is -2.19. The lowest BCUT2D eigenvalue weighted by Crippen LogP contribution is -2.37. The molecule has 0 saturated heterocycles. The fourth-order valence-electron chi connectivity index (χ4n) is 2.17. The second kappa shape index (κ2) is 5.39. The number of rotatable bonds is 3. The second-order valence-electron chi connectivity index (χ2n) is 4.21. The monoisotopic (exact) mass is 235 g/mol. The van der Waals surface area contributed by atoms with Crippen LogP contribution in [0.4, 0.5) is 0 Å². The Morgan fingerprint density at radius 1 is 1.31 bits per heavy atom. The molecule has 3 heteroatoms. The van der Waals surface area contributed by atoms with Gasteiger partial charge >= 0.3 is 0 Å². The summed E-state index contributed by atoms with van der Waals surface area (Å²) in [7, 11) is 0. The van der Waals surface area contributed by atoms with Crippen LogP contribution in [0.25, 0.3) is 0 Å². The Hall–Kier alpha value is -0.960. The predicted octanol–water partition coefficient (Wildman–Crippen LogP) is 2.84. The first-order chi connectivity index (χ1) is 7.75. The smallest absolute Gasteiger partial charge is 0.217 e. The van der Waals surface area contributed by atoms with E-state index in [0.29, 0.717) is 11.3 Å². The number of benzene rings is 1. The van der Waals surface area contributed by atoms with Crippen LogP contribution >= 0.6 is 11.8 Å². The standard InChI is InChI=1S/C13H17NOS/c1-10(15)14-12-8-5-9-13(12)16-11-6-3-2-4-7-11/h2-4,6-7,12-13H,5,8-9H2,1H3,(H,14,15). The Labute approximate surface area is 101 Å². The van der Waals surface area contributed by atoms with Gasteiger partial charge in [-0.1, -0.05) is 24.6 Å². The molecular weight excluding hydrogens is 218 g/mol. The second-order valence-corrected chi connectivity index (χ2v) is 5.52. The zero-order chi connectivity index (χ0) is 11.4. The van der Waals surface area contributed by atoms with Crippen LogP contribution in [0.15, 0.2) is 35.2 Å². The van der Waals surface area contributed by atoms with E-state index >= 15 is 0 Å². The summed E-state index contributed by atoms with van der Waals surface area (Å²) in [5, 5.41) is 3.59. The molecule has 2 rings (SSSR count). The average Bonchev–Trinajstić information content (AvgIpc) is 2.66. The van der Waals surface area contributed by atoms with Crippen LogP contribution in [0.5, 0.6) is 0 Å². The molecule has 1 aliphatic carbocycles. The molecule has 0 aliphatic heterocycles. The molecule has 1 saturated carbocycles.